The number of nitrogens with one attached hydrogen (secondary N) is 1. The maximum absolute atomic E-state index is 12.5. The molecule has 116 valence electrons. The lowest BCUT2D eigenvalue weighted by atomic mass is 9.93. The number of nitro groups is 1. The summed E-state index contributed by atoms with van der Waals surface area (Å²) in [7, 11) is -4.05. The number of sulfonamides is 1. The smallest absolute Gasteiger partial charge is 0.289 e. The van der Waals surface area contributed by atoms with Gasteiger partial charge in [-0.05, 0) is 25.3 Å². The predicted octanol–water partition coefficient (Wildman–Crippen LogP) is 1.49. The number of rotatable bonds is 4. The summed E-state index contributed by atoms with van der Waals surface area (Å²) in [5, 5.41) is 20.9. The van der Waals surface area contributed by atoms with Crippen molar-refractivity contribution in [1.82, 2.24) is 4.72 Å². The Morgan fingerprint density at radius 2 is 2.00 bits per heavy atom. The number of aliphatic hydroxyl groups is 1. The van der Waals surface area contributed by atoms with Crippen LogP contribution >= 0.6 is 0 Å². The highest BCUT2D eigenvalue weighted by Gasteiger charge is 2.33. The highest BCUT2D eigenvalue weighted by molar-refractivity contribution is 7.89. The van der Waals surface area contributed by atoms with Gasteiger partial charge in [0.15, 0.2) is 4.90 Å². The second-order valence-corrected chi connectivity index (χ2v) is 6.91. The van der Waals surface area contributed by atoms with Gasteiger partial charge in [-0.3, -0.25) is 10.1 Å². The molecule has 1 saturated carbocycles. The second kappa shape index (κ2) is 6.08. The molecule has 1 aromatic carbocycles. The summed E-state index contributed by atoms with van der Waals surface area (Å²) in [6.45, 7) is 1.51. The van der Waals surface area contributed by atoms with Crippen molar-refractivity contribution >= 4 is 15.7 Å². The van der Waals surface area contributed by atoms with Gasteiger partial charge in [0.05, 0.1) is 11.0 Å². The average Bonchev–Trinajstić information content (AvgIpc) is 2.40. The molecule has 1 aliphatic rings. The molecule has 2 rings (SSSR count). The summed E-state index contributed by atoms with van der Waals surface area (Å²) in [5.41, 5.74) is -0.144. The van der Waals surface area contributed by atoms with Crippen LogP contribution in [0.1, 0.15) is 31.2 Å². The monoisotopic (exact) mass is 314 g/mol. The molecule has 1 aliphatic carbocycles. The summed E-state index contributed by atoms with van der Waals surface area (Å²) in [4.78, 5) is 10.0. The van der Waals surface area contributed by atoms with E-state index < -0.39 is 32.8 Å². The summed E-state index contributed by atoms with van der Waals surface area (Å²) in [6, 6.07) is 3.53. The second-order valence-electron chi connectivity index (χ2n) is 5.26. The molecule has 2 N–H and O–H groups in total. The standard InChI is InChI=1S/C13H18N2O5S/c1-9-5-4-7-11(15(17)18)13(9)21(19,20)14-10-6-2-3-8-12(10)16/h4-5,7,10,12,14,16H,2-3,6,8H2,1H3. The largest absolute Gasteiger partial charge is 0.391 e. The number of benzene rings is 1. The number of aliphatic hydroxyl groups excluding tert-OH is 1. The van der Waals surface area contributed by atoms with E-state index in [4.69, 9.17) is 0 Å². The van der Waals surface area contributed by atoms with E-state index in [1.807, 2.05) is 0 Å². The molecule has 2 unspecified atom stereocenters. The number of hydrogen-bond acceptors (Lipinski definition) is 5. The van der Waals surface area contributed by atoms with E-state index in [9.17, 15) is 23.6 Å². The van der Waals surface area contributed by atoms with Gasteiger partial charge >= 0.3 is 0 Å². The Balaban J connectivity index is 2.38. The van der Waals surface area contributed by atoms with Crippen LogP contribution in [0.5, 0.6) is 0 Å². The Bertz CT molecular complexity index is 644. The van der Waals surface area contributed by atoms with Crippen LogP contribution in [0, 0.1) is 17.0 Å². The van der Waals surface area contributed by atoms with Crippen molar-refractivity contribution in [1.29, 1.82) is 0 Å². The fraction of sp³-hybridized carbons (Fsp3) is 0.538. The minimum Gasteiger partial charge on any atom is -0.391 e. The van der Waals surface area contributed by atoms with Gasteiger partial charge in [0.25, 0.3) is 5.69 Å². The van der Waals surface area contributed by atoms with Crippen LogP contribution in [0.2, 0.25) is 0 Å². The van der Waals surface area contributed by atoms with Crippen molar-refractivity contribution < 1.29 is 18.4 Å². The third-order valence-corrected chi connectivity index (χ3v) is 5.37. The Labute approximate surface area is 123 Å². The molecular formula is C13H18N2O5S. The van der Waals surface area contributed by atoms with Crippen molar-refractivity contribution in [3.63, 3.8) is 0 Å². The summed E-state index contributed by atoms with van der Waals surface area (Å²) < 4.78 is 27.3. The van der Waals surface area contributed by atoms with E-state index in [2.05, 4.69) is 4.72 Å². The highest BCUT2D eigenvalue weighted by atomic mass is 32.2. The molecule has 1 fully saturated rings. The molecule has 2 atom stereocenters. The topological polar surface area (TPSA) is 110 Å². The molecule has 0 aliphatic heterocycles. The summed E-state index contributed by atoms with van der Waals surface area (Å²) in [6.07, 6.45) is 1.98. The van der Waals surface area contributed by atoms with Crippen molar-refractivity contribution in [2.45, 2.75) is 49.6 Å². The molecule has 0 bridgehead atoms. The lowest BCUT2D eigenvalue weighted by Crippen LogP contribution is -2.45. The number of nitro benzene ring substituents is 1. The molecule has 0 radical (unpaired) electrons. The Morgan fingerprint density at radius 3 is 2.62 bits per heavy atom. The summed E-state index contributed by atoms with van der Waals surface area (Å²) >= 11 is 0. The van der Waals surface area contributed by atoms with Crippen molar-refractivity contribution in [2.75, 3.05) is 0 Å². The van der Waals surface area contributed by atoms with E-state index in [0.29, 0.717) is 18.4 Å². The minimum absolute atomic E-state index is 0.307. The van der Waals surface area contributed by atoms with E-state index in [1.54, 1.807) is 0 Å². The lowest BCUT2D eigenvalue weighted by Gasteiger charge is -2.28. The molecule has 21 heavy (non-hydrogen) atoms. The Hall–Kier alpha value is -1.51. The third kappa shape index (κ3) is 3.39. The zero-order valence-electron chi connectivity index (χ0n) is 11.7. The third-order valence-electron chi connectivity index (χ3n) is 3.69. The Kier molecular flexibility index (Phi) is 4.60. The van der Waals surface area contributed by atoms with Crippen LogP contribution in [0.15, 0.2) is 23.1 Å². The van der Waals surface area contributed by atoms with E-state index in [0.717, 1.165) is 12.8 Å². The zero-order chi connectivity index (χ0) is 15.6. The summed E-state index contributed by atoms with van der Waals surface area (Å²) in [5.74, 6) is 0. The van der Waals surface area contributed by atoms with Gasteiger partial charge in [-0.25, -0.2) is 13.1 Å². The molecular weight excluding hydrogens is 296 g/mol. The first-order chi connectivity index (χ1) is 9.83. The number of nitrogens with zero attached hydrogens (tertiary/aromatic N) is 1. The molecule has 1 aromatic rings. The van der Waals surface area contributed by atoms with Gasteiger partial charge in [0.2, 0.25) is 10.0 Å². The van der Waals surface area contributed by atoms with Crippen LogP contribution in [0.25, 0.3) is 0 Å². The maximum atomic E-state index is 12.5. The molecule has 0 spiro atoms. The van der Waals surface area contributed by atoms with Gasteiger partial charge in [0.1, 0.15) is 0 Å². The Morgan fingerprint density at radius 1 is 1.33 bits per heavy atom. The molecule has 7 nitrogen and oxygen atoms in total. The van der Waals surface area contributed by atoms with Gasteiger partial charge in [-0.15, -0.1) is 0 Å². The lowest BCUT2D eigenvalue weighted by molar-refractivity contribution is -0.387. The van der Waals surface area contributed by atoms with Gasteiger partial charge < -0.3 is 5.11 Å². The molecule has 0 amide bonds. The van der Waals surface area contributed by atoms with Gasteiger partial charge in [0, 0.05) is 12.1 Å². The first-order valence-corrected chi connectivity index (χ1v) is 8.25. The average molecular weight is 314 g/mol. The van der Waals surface area contributed by atoms with Crippen LogP contribution in [0.3, 0.4) is 0 Å². The quantitative estimate of drug-likeness (QED) is 0.646. The van der Waals surface area contributed by atoms with E-state index in [-0.39, 0.29) is 4.90 Å². The van der Waals surface area contributed by atoms with Crippen LogP contribution in [-0.2, 0) is 10.0 Å². The first kappa shape index (κ1) is 15.9. The molecule has 0 heterocycles. The SMILES string of the molecule is Cc1cccc([N+](=O)[O-])c1S(=O)(=O)NC1CCCCC1O. The van der Waals surface area contributed by atoms with Crippen molar-refractivity contribution in [3.05, 3.63) is 33.9 Å². The fourth-order valence-corrected chi connectivity index (χ4v) is 4.34. The van der Waals surface area contributed by atoms with Crippen molar-refractivity contribution in [2.24, 2.45) is 0 Å². The highest BCUT2D eigenvalue weighted by Crippen LogP contribution is 2.28. The maximum Gasteiger partial charge on any atom is 0.289 e. The minimum atomic E-state index is -4.05. The van der Waals surface area contributed by atoms with Crippen LogP contribution in [0.4, 0.5) is 5.69 Å². The fourth-order valence-electron chi connectivity index (χ4n) is 2.64. The zero-order valence-corrected chi connectivity index (χ0v) is 12.5. The predicted molar refractivity (Wildman–Crippen MR) is 76.4 cm³/mol. The molecule has 0 saturated heterocycles. The van der Waals surface area contributed by atoms with Crippen LogP contribution < -0.4 is 4.72 Å². The van der Waals surface area contributed by atoms with E-state index in [1.165, 1.54) is 25.1 Å². The van der Waals surface area contributed by atoms with Crippen LogP contribution in [-0.4, -0.2) is 30.6 Å². The molecule has 0 aromatic heterocycles. The van der Waals surface area contributed by atoms with E-state index >= 15 is 0 Å². The normalized spacial score (nSPS) is 23.0. The van der Waals surface area contributed by atoms with Crippen molar-refractivity contribution in [3.8, 4) is 0 Å². The van der Waals surface area contributed by atoms with Gasteiger partial charge in [-0.1, -0.05) is 25.0 Å². The molecule has 8 heteroatoms. The number of hydrogen-bond donors (Lipinski definition) is 2. The van der Waals surface area contributed by atoms with Gasteiger partial charge in [-0.2, -0.15) is 0 Å². The first-order valence-electron chi connectivity index (χ1n) is 6.77. The number of aryl methyl sites for hydroxylation is 1.